The van der Waals surface area contributed by atoms with Crippen LogP contribution in [-0.2, 0) is 0 Å². The Morgan fingerprint density at radius 1 is 1.20 bits per heavy atom. The molecule has 0 atom stereocenters. The van der Waals surface area contributed by atoms with Crippen LogP contribution in [0.1, 0.15) is 31.2 Å². The molecule has 0 saturated heterocycles. The third-order valence-corrected chi connectivity index (χ3v) is 3.87. The highest BCUT2D eigenvalue weighted by atomic mass is 16.3. The number of fused-ring (bicyclic) bond motifs is 1. The predicted octanol–water partition coefficient (Wildman–Crippen LogP) is 1.63. The molecule has 0 amide bonds. The predicted molar refractivity (Wildman–Crippen MR) is 78.4 cm³/mol. The van der Waals surface area contributed by atoms with Crippen molar-refractivity contribution >= 4 is 22.7 Å². The van der Waals surface area contributed by atoms with Crippen LogP contribution in [-0.4, -0.2) is 32.2 Å². The van der Waals surface area contributed by atoms with E-state index in [0.717, 1.165) is 42.1 Å². The molecular weight excluding hydrogens is 254 g/mol. The van der Waals surface area contributed by atoms with Gasteiger partial charge in [0.25, 0.3) is 0 Å². The number of aliphatic hydroxyl groups excluding tert-OH is 1. The zero-order chi connectivity index (χ0) is 14.1. The smallest absolute Gasteiger partial charge is 0.223 e. The first-order valence-electron chi connectivity index (χ1n) is 6.96. The summed E-state index contributed by atoms with van der Waals surface area (Å²) in [6.45, 7) is 1.96. The molecule has 1 aliphatic rings. The van der Waals surface area contributed by atoms with Crippen molar-refractivity contribution < 1.29 is 5.11 Å². The maximum absolute atomic E-state index is 9.52. The molecule has 4 N–H and O–H groups in total. The molecule has 2 aromatic rings. The second-order valence-corrected chi connectivity index (χ2v) is 5.43. The van der Waals surface area contributed by atoms with Crippen LogP contribution in [0.2, 0.25) is 0 Å². The van der Waals surface area contributed by atoms with Crippen molar-refractivity contribution in [3.05, 3.63) is 18.0 Å². The average molecular weight is 273 g/mol. The summed E-state index contributed by atoms with van der Waals surface area (Å²) in [4.78, 5) is 13.0. The van der Waals surface area contributed by atoms with Gasteiger partial charge >= 0.3 is 0 Å². The molecule has 6 heteroatoms. The Bertz CT molecular complexity index is 622. The minimum Gasteiger partial charge on any atom is -0.393 e. The third kappa shape index (κ3) is 2.51. The van der Waals surface area contributed by atoms with E-state index in [4.69, 9.17) is 5.73 Å². The molecule has 1 fully saturated rings. The van der Waals surface area contributed by atoms with E-state index in [0.29, 0.717) is 17.8 Å². The minimum atomic E-state index is -0.154. The van der Waals surface area contributed by atoms with Gasteiger partial charge in [-0.25, -0.2) is 15.0 Å². The van der Waals surface area contributed by atoms with Crippen LogP contribution in [0.15, 0.2) is 12.4 Å². The first-order valence-corrected chi connectivity index (χ1v) is 6.96. The van der Waals surface area contributed by atoms with Gasteiger partial charge in [0.05, 0.1) is 17.0 Å². The number of aliphatic hydroxyl groups is 1. The molecule has 0 aromatic carbocycles. The van der Waals surface area contributed by atoms with Crippen molar-refractivity contribution in [2.75, 3.05) is 11.1 Å². The topological polar surface area (TPSA) is 97.0 Å². The SMILES string of the molecule is Cc1cnc(N)c2cnc(N[C@H]3CC[C@H](O)CC3)nc12. The number of pyridine rings is 1. The molecule has 0 radical (unpaired) electrons. The van der Waals surface area contributed by atoms with Gasteiger partial charge < -0.3 is 16.2 Å². The van der Waals surface area contributed by atoms with Crippen molar-refractivity contribution in [3.8, 4) is 0 Å². The van der Waals surface area contributed by atoms with E-state index in [2.05, 4.69) is 20.3 Å². The van der Waals surface area contributed by atoms with Crippen molar-refractivity contribution in [2.45, 2.75) is 44.8 Å². The largest absolute Gasteiger partial charge is 0.393 e. The number of nitrogen functional groups attached to an aromatic ring is 1. The van der Waals surface area contributed by atoms with Crippen LogP contribution in [0.5, 0.6) is 0 Å². The second kappa shape index (κ2) is 5.20. The van der Waals surface area contributed by atoms with Gasteiger partial charge in [0.2, 0.25) is 5.95 Å². The van der Waals surface area contributed by atoms with Crippen molar-refractivity contribution in [2.24, 2.45) is 0 Å². The van der Waals surface area contributed by atoms with Crippen LogP contribution in [0.4, 0.5) is 11.8 Å². The molecule has 20 heavy (non-hydrogen) atoms. The highest BCUT2D eigenvalue weighted by Gasteiger charge is 2.20. The maximum Gasteiger partial charge on any atom is 0.223 e. The van der Waals surface area contributed by atoms with Crippen LogP contribution in [0.3, 0.4) is 0 Å². The van der Waals surface area contributed by atoms with Gasteiger partial charge in [0.15, 0.2) is 0 Å². The van der Waals surface area contributed by atoms with E-state index in [1.807, 2.05) is 6.92 Å². The van der Waals surface area contributed by atoms with Crippen molar-refractivity contribution in [1.29, 1.82) is 0 Å². The first kappa shape index (κ1) is 13.1. The van der Waals surface area contributed by atoms with Gasteiger partial charge in [-0.2, -0.15) is 0 Å². The third-order valence-electron chi connectivity index (χ3n) is 3.87. The zero-order valence-electron chi connectivity index (χ0n) is 11.5. The number of hydrogen-bond donors (Lipinski definition) is 3. The molecule has 106 valence electrons. The lowest BCUT2D eigenvalue weighted by Crippen LogP contribution is -2.28. The van der Waals surface area contributed by atoms with E-state index >= 15 is 0 Å². The molecule has 0 bridgehead atoms. The standard InChI is InChI=1S/C14H19N5O/c1-8-6-16-13(15)11-7-17-14(19-12(8)11)18-9-2-4-10(20)5-3-9/h6-7,9-10,20H,2-5H2,1H3,(H2,15,16)(H,17,18,19)/t9-,10-. The minimum absolute atomic E-state index is 0.154. The van der Waals surface area contributed by atoms with Gasteiger partial charge in [0.1, 0.15) is 5.82 Å². The van der Waals surface area contributed by atoms with Crippen LogP contribution >= 0.6 is 0 Å². The quantitative estimate of drug-likeness (QED) is 0.769. The zero-order valence-corrected chi connectivity index (χ0v) is 11.5. The van der Waals surface area contributed by atoms with Crippen molar-refractivity contribution in [1.82, 2.24) is 15.0 Å². The molecule has 2 aromatic heterocycles. The number of aromatic nitrogens is 3. The fourth-order valence-electron chi connectivity index (χ4n) is 2.64. The molecule has 0 unspecified atom stereocenters. The summed E-state index contributed by atoms with van der Waals surface area (Å²) < 4.78 is 0. The molecule has 0 aliphatic heterocycles. The summed E-state index contributed by atoms with van der Waals surface area (Å²) >= 11 is 0. The molecule has 6 nitrogen and oxygen atoms in total. The summed E-state index contributed by atoms with van der Waals surface area (Å²) in [5, 5.41) is 13.7. The first-order chi connectivity index (χ1) is 9.63. The fraction of sp³-hybridized carbons (Fsp3) is 0.500. The van der Waals surface area contributed by atoms with Crippen LogP contribution in [0.25, 0.3) is 10.9 Å². The fourth-order valence-corrected chi connectivity index (χ4v) is 2.64. The molecule has 0 spiro atoms. The number of nitrogens with one attached hydrogen (secondary N) is 1. The lowest BCUT2D eigenvalue weighted by atomic mass is 9.93. The number of nitrogens with two attached hydrogens (primary N) is 1. The molecule has 1 aliphatic carbocycles. The Hall–Kier alpha value is -1.95. The average Bonchev–Trinajstić information content (AvgIpc) is 2.46. The van der Waals surface area contributed by atoms with E-state index in [1.165, 1.54) is 0 Å². The van der Waals surface area contributed by atoms with E-state index in [-0.39, 0.29) is 6.10 Å². The summed E-state index contributed by atoms with van der Waals surface area (Å²) in [6.07, 6.45) is 6.85. The molecule has 2 heterocycles. The number of hydrogen-bond acceptors (Lipinski definition) is 6. The van der Waals surface area contributed by atoms with Crippen LogP contribution in [0, 0.1) is 6.92 Å². The Morgan fingerprint density at radius 3 is 2.70 bits per heavy atom. The molecule has 3 rings (SSSR count). The monoisotopic (exact) mass is 273 g/mol. The van der Waals surface area contributed by atoms with Gasteiger partial charge in [0, 0.05) is 18.4 Å². The molecule has 1 saturated carbocycles. The normalized spacial score (nSPS) is 22.9. The Balaban J connectivity index is 1.84. The summed E-state index contributed by atoms with van der Waals surface area (Å²) in [6, 6.07) is 0.329. The highest BCUT2D eigenvalue weighted by Crippen LogP contribution is 2.23. The molecular formula is C14H19N5O. The van der Waals surface area contributed by atoms with Crippen molar-refractivity contribution in [3.63, 3.8) is 0 Å². The van der Waals surface area contributed by atoms with Crippen LogP contribution < -0.4 is 11.1 Å². The van der Waals surface area contributed by atoms with Gasteiger partial charge in [-0.05, 0) is 38.2 Å². The lowest BCUT2D eigenvalue weighted by Gasteiger charge is -2.26. The lowest BCUT2D eigenvalue weighted by molar-refractivity contribution is 0.126. The van der Waals surface area contributed by atoms with E-state index < -0.39 is 0 Å². The number of aryl methyl sites for hydroxylation is 1. The Morgan fingerprint density at radius 2 is 1.95 bits per heavy atom. The van der Waals surface area contributed by atoms with E-state index in [9.17, 15) is 5.11 Å². The van der Waals surface area contributed by atoms with Gasteiger partial charge in [-0.15, -0.1) is 0 Å². The Kier molecular flexibility index (Phi) is 3.40. The highest BCUT2D eigenvalue weighted by molar-refractivity contribution is 5.89. The maximum atomic E-state index is 9.52. The summed E-state index contributed by atoms with van der Waals surface area (Å²) in [7, 11) is 0. The second-order valence-electron chi connectivity index (χ2n) is 5.43. The van der Waals surface area contributed by atoms with Gasteiger partial charge in [-0.3, -0.25) is 0 Å². The number of rotatable bonds is 2. The van der Waals surface area contributed by atoms with E-state index in [1.54, 1.807) is 12.4 Å². The Labute approximate surface area is 117 Å². The number of anilines is 2. The summed E-state index contributed by atoms with van der Waals surface area (Å²) in [5.41, 5.74) is 7.66. The number of nitrogens with zero attached hydrogens (tertiary/aromatic N) is 3. The summed E-state index contributed by atoms with van der Waals surface area (Å²) in [5.74, 6) is 1.07. The van der Waals surface area contributed by atoms with Gasteiger partial charge in [-0.1, -0.05) is 0 Å².